The minimum atomic E-state index is -0.461. The lowest BCUT2D eigenvalue weighted by Gasteiger charge is -2.33. The first-order chi connectivity index (χ1) is 12.5. The van der Waals surface area contributed by atoms with Gasteiger partial charge in [0.2, 0.25) is 0 Å². The first-order valence-electron chi connectivity index (χ1n) is 9.61. The van der Waals surface area contributed by atoms with Gasteiger partial charge in [-0.05, 0) is 90.3 Å². The summed E-state index contributed by atoms with van der Waals surface area (Å²) in [4.78, 5) is 18.9. The number of carbonyl (C=O) groups excluding carboxylic acids is 1. The molecule has 1 unspecified atom stereocenters. The molecule has 1 atom stereocenters. The van der Waals surface area contributed by atoms with E-state index in [0.29, 0.717) is 5.92 Å². The van der Waals surface area contributed by atoms with Crippen LogP contribution in [0.3, 0.4) is 0 Å². The van der Waals surface area contributed by atoms with E-state index in [9.17, 15) is 4.79 Å². The molecule has 1 amide bonds. The van der Waals surface area contributed by atoms with Gasteiger partial charge in [-0.1, -0.05) is 6.07 Å². The predicted molar refractivity (Wildman–Crippen MR) is 112 cm³/mol. The van der Waals surface area contributed by atoms with Crippen LogP contribution < -0.4 is 10.5 Å². The Morgan fingerprint density at radius 3 is 2.78 bits per heavy atom. The van der Waals surface area contributed by atoms with Gasteiger partial charge in [0.05, 0.1) is 0 Å². The number of nitrogens with two attached hydrogens (primary N) is 1. The number of pyridine rings is 1. The Morgan fingerprint density at radius 2 is 2.15 bits per heavy atom. The highest BCUT2D eigenvalue weighted by Gasteiger charge is 2.42. The fourth-order valence-electron chi connectivity index (χ4n) is 3.55. The van der Waals surface area contributed by atoms with Gasteiger partial charge in [-0.2, -0.15) is 0 Å². The van der Waals surface area contributed by atoms with Gasteiger partial charge < -0.3 is 15.0 Å². The third-order valence-corrected chi connectivity index (χ3v) is 5.47. The molecule has 0 aliphatic carbocycles. The van der Waals surface area contributed by atoms with Gasteiger partial charge in [-0.25, -0.2) is 9.78 Å². The molecule has 6 nitrogen and oxygen atoms in total. The van der Waals surface area contributed by atoms with Gasteiger partial charge in [0.25, 0.3) is 0 Å². The second kappa shape index (κ2) is 8.69. The Bertz CT molecular complexity index is 658. The van der Waals surface area contributed by atoms with E-state index in [2.05, 4.69) is 24.1 Å². The van der Waals surface area contributed by atoms with Crippen molar-refractivity contribution in [2.75, 3.05) is 18.4 Å². The number of likely N-dealkylation sites (tertiary alicyclic amines) is 1. The van der Waals surface area contributed by atoms with Crippen LogP contribution in [0.4, 0.5) is 10.6 Å². The summed E-state index contributed by atoms with van der Waals surface area (Å²) in [6, 6.07) is 4.01. The zero-order valence-corrected chi connectivity index (χ0v) is 18.3. The third-order valence-electron chi connectivity index (χ3n) is 4.83. The van der Waals surface area contributed by atoms with Crippen LogP contribution in [-0.2, 0) is 4.74 Å². The van der Waals surface area contributed by atoms with Crippen LogP contribution in [0.25, 0.3) is 0 Å². The molecule has 0 bridgehead atoms. The van der Waals surface area contributed by atoms with Gasteiger partial charge in [0, 0.05) is 18.6 Å². The van der Waals surface area contributed by atoms with E-state index < -0.39 is 5.60 Å². The molecule has 1 aromatic heterocycles. The number of rotatable bonds is 6. The van der Waals surface area contributed by atoms with E-state index in [0.717, 1.165) is 48.8 Å². The molecule has 0 radical (unpaired) electrons. The predicted octanol–water partition coefficient (Wildman–Crippen LogP) is 4.58. The van der Waals surface area contributed by atoms with E-state index in [1.807, 2.05) is 44.7 Å². The van der Waals surface area contributed by atoms with Gasteiger partial charge in [-0.15, -0.1) is 0 Å². The standard InChI is InChI=1S/C20H34N4O2S/c1-14-9-10-16(23-17(14)27-21)22-11-7-8-15-12-20(5,6)24(13-15)18(25)26-19(2,3)4/h9-10,15H,7-8,11-13,21H2,1-6H3,(H,22,23). The molecule has 0 spiro atoms. The van der Waals surface area contributed by atoms with Crippen molar-refractivity contribution in [2.24, 2.45) is 11.1 Å². The molecule has 2 rings (SSSR count). The molecule has 152 valence electrons. The van der Waals surface area contributed by atoms with Crippen molar-refractivity contribution >= 4 is 23.9 Å². The van der Waals surface area contributed by atoms with Crippen LogP contribution in [0.1, 0.15) is 59.4 Å². The van der Waals surface area contributed by atoms with Crippen LogP contribution >= 0.6 is 11.9 Å². The Balaban J connectivity index is 1.81. The second-order valence-corrected chi connectivity index (χ2v) is 9.60. The average molecular weight is 395 g/mol. The van der Waals surface area contributed by atoms with E-state index in [-0.39, 0.29) is 11.6 Å². The minimum absolute atomic E-state index is 0.161. The molecule has 2 heterocycles. The van der Waals surface area contributed by atoms with Crippen molar-refractivity contribution in [1.82, 2.24) is 9.88 Å². The number of nitrogens with one attached hydrogen (secondary N) is 1. The average Bonchev–Trinajstić information content (AvgIpc) is 2.86. The number of hydrogen-bond donors (Lipinski definition) is 2. The van der Waals surface area contributed by atoms with E-state index in [4.69, 9.17) is 9.88 Å². The molecular weight excluding hydrogens is 360 g/mol. The van der Waals surface area contributed by atoms with Crippen molar-refractivity contribution in [1.29, 1.82) is 0 Å². The summed E-state index contributed by atoms with van der Waals surface area (Å²) in [6.45, 7) is 13.6. The third kappa shape index (κ3) is 6.28. The number of carbonyl (C=O) groups is 1. The first kappa shape index (κ1) is 21.8. The summed E-state index contributed by atoms with van der Waals surface area (Å²) >= 11 is 1.18. The van der Waals surface area contributed by atoms with Crippen LogP contribution in [0.15, 0.2) is 17.2 Å². The number of ether oxygens (including phenoxy) is 1. The van der Waals surface area contributed by atoms with Crippen LogP contribution in [0.2, 0.25) is 0 Å². The summed E-state index contributed by atoms with van der Waals surface area (Å²) in [7, 11) is 0. The summed E-state index contributed by atoms with van der Waals surface area (Å²) in [6.07, 6.45) is 2.90. The van der Waals surface area contributed by atoms with Crippen molar-refractivity contribution in [3.8, 4) is 0 Å². The fourth-order valence-corrected chi connectivity index (χ4v) is 3.96. The largest absolute Gasteiger partial charge is 0.444 e. The Kier molecular flexibility index (Phi) is 7.03. The molecule has 1 aliphatic heterocycles. The summed E-state index contributed by atoms with van der Waals surface area (Å²) in [5.74, 6) is 1.35. The second-order valence-electron chi connectivity index (χ2n) is 8.98. The maximum absolute atomic E-state index is 12.5. The molecule has 0 aromatic carbocycles. The van der Waals surface area contributed by atoms with Crippen LogP contribution in [-0.4, -0.2) is 40.2 Å². The lowest BCUT2D eigenvalue weighted by molar-refractivity contribution is 0.0131. The molecule has 0 saturated carbocycles. The van der Waals surface area contributed by atoms with Crippen LogP contribution in [0, 0.1) is 12.8 Å². The lowest BCUT2D eigenvalue weighted by Crippen LogP contribution is -2.45. The number of aromatic nitrogens is 1. The molecular formula is C20H34N4O2S. The maximum Gasteiger partial charge on any atom is 0.410 e. The van der Waals surface area contributed by atoms with Gasteiger partial charge in [0.15, 0.2) is 0 Å². The highest BCUT2D eigenvalue weighted by Crippen LogP contribution is 2.36. The zero-order chi connectivity index (χ0) is 20.2. The topological polar surface area (TPSA) is 80.5 Å². The van der Waals surface area contributed by atoms with Gasteiger partial charge in [-0.3, -0.25) is 5.14 Å². The molecule has 1 saturated heterocycles. The van der Waals surface area contributed by atoms with E-state index in [1.54, 1.807) is 0 Å². The highest BCUT2D eigenvalue weighted by atomic mass is 32.2. The van der Waals surface area contributed by atoms with Crippen molar-refractivity contribution < 1.29 is 9.53 Å². The minimum Gasteiger partial charge on any atom is -0.444 e. The molecule has 7 heteroatoms. The van der Waals surface area contributed by atoms with Gasteiger partial charge >= 0.3 is 6.09 Å². The number of amides is 1. The molecule has 3 N–H and O–H groups in total. The Hall–Kier alpha value is -1.47. The monoisotopic (exact) mass is 394 g/mol. The SMILES string of the molecule is Cc1ccc(NCCCC2CN(C(=O)OC(C)(C)C)C(C)(C)C2)nc1SN. The van der Waals surface area contributed by atoms with Crippen molar-refractivity contribution in [2.45, 2.75) is 77.0 Å². The van der Waals surface area contributed by atoms with Crippen molar-refractivity contribution in [3.05, 3.63) is 17.7 Å². The summed E-state index contributed by atoms with van der Waals surface area (Å²) in [5.41, 5.74) is 0.465. The summed E-state index contributed by atoms with van der Waals surface area (Å²) in [5, 5.41) is 9.87. The number of aryl methyl sites for hydroxylation is 1. The van der Waals surface area contributed by atoms with Gasteiger partial charge in [0.1, 0.15) is 16.4 Å². The Morgan fingerprint density at radius 1 is 1.44 bits per heavy atom. The molecule has 1 aliphatic rings. The number of hydrogen-bond acceptors (Lipinski definition) is 6. The van der Waals surface area contributed by atoms with E-state index in [1.165, 1.54) is 11.9 Å². The summed E-state index contributed by atoms with van der Waals surface area (Å²) < 4.78 is 5.57. The molecule has 1 aromatic rings. The fraction of sp³-hybridized carbons (Fsp3) is 0.700. The lowest BCUT2D eigenvalue weighted by atomic mass is 9.93. The molecule has 1 fully saturated rings. The number of anilines is 1. The first-order valence-corrected chi connectivity index (χ1v) is 10.5. The zero-order valence-electron chi connectivity index (χ0n) is 17.5. The van der Waals surface area contributed by atoms with Crippen LogP contribution in [0.5, 0.6) is 0 Å². The highest BCUT2D eigenvalue weighted by molar-refractivity contribution is 7.97. The Labute approximate surface area is 167 Å². The smallest absolute Gasteiger partial charge is 0.410 e. The number of nitrogens with zero attached hydrogens (tertiary/aromatic N) is 2. The van der Waals surface area contributed by atoms with E-state index >= 15 is 0 Å². The molecule has 27 heavy (non-hydrogen) atoms. The maximum atomic E-state index is 12.5. The quantitative estimate of drug-likeness (QED) is 0.543. The normalized spacial score (nSPS) is 19.2. The van der Waals surface area contributed by atoms with Crippen molar-refractivity contribution in [3.63, 3.8) is 0 Å².